The molecule has 5 rings (SSSR count). The molecular weight excluding hydrogens is 637 g/mol. The SMILES string of the molecule is CC[C@]1(C)C[C@@H](OC(=O)CS[C@@H]2CC[C@@H](NC(=O)CS[C@@H]3CC[C@@H](N)C[C@H]3O)C[C@H]2O)[C@]2(C)C(C)CC[C@]3(CCC(=O)[C@H]32)[C@@H](C)[C@@H]1O. The zero-order chi connectivity index (χ0) is 34.3. The van der Waals surface area contributed by atoms with E-state index >= 15 is 0 Å². The number of nitrogens with two attached hydrogens (primary N) is 1. The van der Waals surface area contributed by atoms with Crippen LogP contribution in [0.15, 0.2) is 0 Å². The van der Waals surface area contributed by atoms with E-state index < -0.39 is 35.2 Å². The van der Waals surface area contributed by atoms with Gasteiger partial charge < -0.3 is 31.1 Å². The molecule has 0 aliphatic heterocycles. The van der Waals surface area contributed by atoms with Crippen LogP contribution in [0.5, 0.6) is 0 Å². The number of amides is 1. The summed E-state index contributed by atoms with van der Waals surface area (Å²) >= 11 is 2.89. The Bertz CT molecular complexity index is 1160. The third-order valence-electron chi connectivity index (χ3n) is 13.7. The van der Waals surface area contributed by atoms with Crippen LogP contribution in [0.3, 0.4) is 0 Å². The van der Waals surface area contributed by atoms with Crippen LogP contribution in [0.2, 0.25) is 0 Å². The van der Waals surface area contributed by atoms with Crippen molar-refractivity contribution in [3.63, 3.8) is 0 Å². The molecule has 5 aliphatic rings. The summed E-state index contributed by atoms with van der Waals surface area (Å²) in [5, 5.41) is 36.0. The highest BCUT2D eigenvalue weighted by atomic mass is 32.2. The van der Waals surface area contributed by atoms with E-state index in [9.17, 15) is 29.7 Å². The molecule has 0 heterocycles. The van der Waals surface area contributed by atoms with Crippen molar-refractivity contribution in [2.75, 3.05) is 11.5 Å². The summed E-state index contributed by atoms with van der Waals surface area (Å²) in [5.74, 6) is 0.185. The van der Waals surface area contributed by atoms with Gasteiger partial charge in [-0.15, -0.1) is 23.5 Å². The minimum Gasteiger partial charge on any atom is -0.461 e. The molecule has 11 heteroatoms. The van der Waals surface area contributed by atoms with Gasteiger partial charge in [0.05, 0.1) is 29.8 Å². The van der Waals surface area contributed by atoms with E-state index in [1.807, 2.05) is 0 Å². The molecule has 268 valence electrons. The van der Waals surface area contributed by atoms with Crippen molar-refractivity contribution in [3.05, 3.63) is 0 Å². The van der Waals surface area contributed by atoms with Crippen molar-refractivity contribution in [2.45, 2.75) is 159 Å². The molecule has 5 aliphatic carbocycles. The summed E-state index contributed by atoms with van der Waals surface area (Å²) in [6.45, 7) is 10.7. The van der Waals surface area contributed by atoms with E-state index in [0.717, 1.165) is 44.9 Å². The van der Waals surface area contributed by atoms with Crippen molar-refractivity contribution in [2.24, 2.45) is 39.7 Å². The average molecular weight is 697 g/mol. The van der Waals surface area contributed by atoms with Gasteiger partial charge in [0.2, 0.25) is 5.91 Å². The minimum atomic E-state index is -0.657. The molecule has 1 unspecified atom stereocenters. The molecule has 2 bridgehead atoms. The summed E-state index contributed by atoms with van der Waals surface area (Å²) in [6, 6.07) is -0.0981. The molecule has 0 saturated heterocycles. The number of hydrogen-bond donors (Lipinski definition) is 5. The van der Waals surface area contributed by atoms with Gasteiger partial charge >= 0.3 is 5.97 Å². The summed E-state index contributed by atoms with van der Waals surface area (Å²) in [6.07, 6.45) is 6.32. The highest BCUT2D eigenvalue weighted by molar-refractivity contribution is 8.00. The molecule has 14 atom stereocenters. The van der Waals surface area contributed by atoms with Gasteiger partial charge in [0.25, 0.3) is 0 Å². The maximum atomic E-state index is 13.6. The largest absolute Gasteiger partial charge is 0.461 e. The summed E-state index contributed by atoms with van der Waals surface area (Å²) in [7, 11) is 0. The van der Waals surface area contributed by atoms with E-state index in [1.54, 1.807) is 0 Å². The number of aliphatic hydroxyl groups is 3. The Hall–Kier alpha value is -0.850. The number of ether oxygens (including phenoxy) is 1. The fourth-order valence-corrected chi connectivity index (χ4v) is 12.5. The van der Waals surface area contributed by atoms with Crippen molar-refractivity contribution in [3.8, 4) is 0 Å². The quantitative estimate of drug-likeness (QED) is 0.221. The first kappa shape index (κ1) is 37.4. The third-order valence-corrected chi connectivity index (χ3v) is 16.5. The molecule has 5 fully saturated rings. The molecule has 1 amide bonds. The van der Waals surface area contributed by atoms with Crippen LogP contribution in [-0.4, -0.2) is 91.5 Å². The predicted octanol–water partition coefficient (Wildman–Crippen LogP) is 4.22. The monoisotopic (exact) mass is 696 g/mol. The molecular formula is C36H60N2O7S2. The molecule has 9 nitrogen and oxygen atoms in total. The third kappa shape index (κ3) is 7.32. The lowest BCUT2D eigenvalue weighted by molar-refractivity contribution is -0.211. The maximum absolute atomic E-state index is 13.6. The number of esters is 1. The molecule has 6 N–H and O–H groups in total. The Balaban J connectivity index is 1.17. The lowest BCUT2D eigenvalue weighted by Gasteiger charge is -2.62. The van der Waals surface area contributed by atoms with E-state index in [0.29, 0.717) is 32.1 Å². The number of ketones is 1. The average Bonchev–Trinajstić information content (AvgIpc) is 3.38. The topological polar surface area (TPSA) is 159 Å². The van der Waals surface area contributed by atoms with Gasteiger partial charge in [-0.2, -0.15) is 0 Å². The smallest absolute Gasteiger partial charge is 0.316 e. The molecule has 0 aromatic heterocycles. The lowest BCUT2D eigenvalue weighted by atomic mass is 9.43. The van der Waals surface area contributed by atoms with Gasteiger partial charge in [-0.3, -0.25) is 14.4 Å². The Labute approximate surface area is 290 Å². The van der Waals surface area contributed by atoms with Crippen molar-refractivity contribution in [1.82, 2.24) is 5.32 Å². The zero-order valence-corrected chi connectivity index (χ0v) is 30.8. The predicted molar refractivity (Wildman–Crippen MR) is 187 cm³/mol. The van der Waals surface area contributed by atoms with Crippen molar-refractivity contribution < 1.29 is 34.4 Å². The maximum Gasteiger partial charge on any atom is 0.316 e. The number of aliphatic hydroxyl groups excluding tert-OH is 3. The van der Waals surface area contributed by atoms with Crippen LogP contribution in [-0.2, 0) is 19.1 Å². The van der Waals surface area contributed by atoms with Crippen LogP contribution < -0.4 is 11.1 Å². The first-order valence-corrected chi connectivity index (χ1v) is 20.3. The van der Waals surface area contributed by atoms with Gasteiger partial charge in [-0.1, -0.05) is 34.6 Å². The van der Waals surface area contributed by atoms with Gasteiger partial charge in [-0.25, -0.2) is 0 Å². The van der Waals surface area contributed by atoms with E-state index in [-0.39, 0.29) is 74.9 Å². The normalized spacial score (nSPS) is 47.0. The lowest BCUT2D eigenvalue weighted by Crippen LogP contribution is -2.63. The van der Waals surface area contributed by atoms with Crippen LogP contribution in [0.1, 0.15) is 112 Å². The molecule has 5 saturated carbocycles. The fraction of sp³-hybridized carbons (Fsp3) is 0.917. The summed E-state index contributed by atoms with van der Waals surface area (Å²) < 4.78 is 6.42. The van der Waals surface area contributed by atoms with Gasteiger partial charge in [0.15, 0.2) is 0 Å². The van der Waals surface area contributed by atoms with Crippen molar-refractivity contribution in [1.29, 1.82) is 0 Å². The number of hydrogen-bond acceptors (Lipinski definition) is 10. The van der Waals surface area contributed by atoms with Gasteiger partial charge in [0.1, 0.15) is 11.9 Å². The molecule has 0 aromatic carbocycles. The molecule has 0 radical (unpaired) electrons. The minimum absolute atomic E-state index is 0.00710. The summed E-state index contributed by atoms with van der Waals surface area (Å²) in [4.78, 5) is 39.9. The molecule has 0 spiro atoms. The van der Waals surface area contributed by atoms with E-state index in [2.05, 4.69) is 39.9 Å². The van der Waals surface area contributed by atoms with E-state index in [4.69, 9.17) is 10.5 Å². The molecule has 47 heavy (non-hydrogen) atoms. The van der Waals surface area contributed by atoms with Crippen LogP contribution in [0.25, 0.3) is 0 Å². The number of carbonyl (C=O) groups is 3. The first-order chi connectivity index (χ1) is 22.1. The van der Waals surface area contributed by atoms with Crippen LogP contribution >= 0.6 is 23.5 Å². The number of thioether (sulfide) groups is 2. The number of rotatable bonds is 9. The number of nitrogens with one attached hydrogen (secondary N) is 1. The molecule has 0 aromatic rings. The van der Waals surface area contributed by atoms with Gasteiger partial charge in [-0.05, 0) is 93.3 Å². The Morgan fingerprint density at radius 3 is 2.28 bits per heavy atom. The first-order valence-electron chi connectivity index (χ1n) is 18.2. The van der Waals surface area contributed by atoms with Crippen LogP contribution in [0.4, 0.5) is 0 Å². The Morgan fingerprint density at radius 2 is 1.62 bits per heavy atom. The Kier molecular flexibility index (Phi) is 11.8. The second kappa shape index (κ2) is 14.8. The number of carbonyl (C=O) groups excluding carboxylic acids is 3. The van der Waals surface area contributed by atoms with E-state index in [1.165, 1.54) is 23.5 Å². The fourth-order valence-electron chi connectivity index (χ4n) is 10.3. The standard InChI is InChI=1S/C36H60N2O7S2/c1-6-34(4)17-29(35(5)20(2)11-13-36(21(3)33(34)44)14-12-24(39)32(35)36)45-31(43)19-47-28-10-8-23(16-26(28)41)38-30(42)18-46-27-9-7-22(37)15-25(27)40/h20-23,25-29,32-33,40-41,44H,6-19,37H2,1-5H3,(H,38,42)/t20?,21-,22+,23+,25+,26+,27+,28+,29+,32-,33-,34+,35-,36-/m0/s1. The second-order valence-electron chi connectivity index (χ2n) is 16.3. The van der Waals surface area contributed by atoms with Crippen molar-refractivity contribution >= 4 is 41.2 Å². The van der Waals surface area contributed by atoms with Crippen LogP contribution in [0, 0.1) is 34.0 Å². The Morgan fingerprint density at radius 1 is 0.957 bits per heavy atom. The highest BCUT2D eigenvalue weighted by Gasteiger charge is 2.68. The summed E-state index contributed by atoms with van der Waals surface area (Å²) in [5.41, 5.74) is 4.72. The zero-order valence-electron chi connectivity index (χ0n) is 29.1. The van der Waals surface area contributed by atoms with Gasteiger partial charge in [0, 0.05) is 40.3 Å². The number of Topliss-reactive ketones (excluding diaryl/α,β-unsaturated/α-hetero) is 1. The highest BCUT2D eigenvalue weighted by Crippen LogP contribution is 2.68. The second-order valence-corrected chi connectivity index (χ2v) is 18.8.